The van der Waals surface area contributed by atoms with Gasteiger partial charge in [0.2, 0.25) is 0 Å². The zero-order valence-electron chi connectivity index (χ0n) is 19.3. The highest BCUT2D eigenvalue weighted by molar-refractivity contribution is 5.60. The van der Waals surface area contributed by atoms with Gasteiger partial charge in [0.1, 0.15) is 11.2 Å². The molecule has 0 aliphatic heterocycles. The number of carbonyl (C=O) groups excluding carboxylic acids is 2. The van der Waals surface area contributed by atoms with E-state index in [1.165, 1.54) is 0 Å². The van der Waals surface area contributed by atoms with E-state index < -0.39 is 23.5 Å². The van der Waals surface area contributed by atoms with Gasteiger partial charge in [-0.05, 0) is 51.4 Å². The van der Waals surface area contributed by atoms with E-state index in [2.05, 4.69) is 19.9 Å². The maximum atomic E-state index is 12.1. The topological polar surface area (TPSA) is 89.5 Å². The molecule has 174 valence electrons. The molecule has 2 fully saturated rings. The van der Waals surface area contributed by atoms with E-state index in [9.17, 15) is 9.59 Å². The SMILES string of the molecule is CC(C)(C)C1(OC(=O)OOOOC(=O)OC2(C(C)(C)C)CCCCC2)CCCCC1. The Morgan fingerprint density at radius 1 is 0.567 bits per heavy atom. The van der Waals surface area contributed by atoms with Crippen molar-refractivity contribution in [2.75, 3.05) is 0 Å². The number of hydrogen-bond acceptors (Lipinski definition) is 8. The van der Waals surface area contributed by atoms with Gasteiger partial charge in [-0.2, -0.15) is 0 Å². The minimum Gasteiger partial charge on any atom is -0.425 e. The van der Waals surface area contributed by atoms with Crippen molar-refractivity contribution in [1.29, 1.82) is 0 Å². The Morgan fingerprint density at radius 2 is 0.867 bits per heavy atom. The lowest BCUT2D eigenvalue weighted by Crippen LogP contribution is -2.48. The van der Waals surface area contributed by atoms with Gasteiger partial charge in [0.25, 0.3) is 0 Å². The predicted octanol–water partition coefficient (Wildman–Crippen LogP) is 6.57. The summed E-state index contributed by atoms with van der Waals surface area (Å²) >= 11 is 0. The highest BCUT2D eigenvalue weighted by atomic mass is 17.7. The molecule has 2 aliphatic carbocycles. The summed E-state index contributed by atoms with van der Waals surface area (Å²) in [4.78, 5) is 33.1. The molecule has 8 heteroatoms. The van der Waals surface area contributed by atoms with Crippen LogP contribution in [-0.4, -0.2) is 23.5 Å². The smallest absolute Gasteiger partial charge is 0.425 e. The van der Waals surface area contributed by atoms with Gasteiger partial charge in [-0.3, -0.25) is 0 Å². The van der Waals surface area contributed by atoms with Crippen molar-refractivity contribution < 1.29 is 38.9 Å². The first-order chi connectivity index (χ1) is 13.9. The highest BCUT2D eigenvalue weighted by Crippen LogP contribution is 2.46. The number of rotatable bonds is 5. The average molecular weight is 431 g/mol. The zero-order chi connectivity index (χ0) is 22.5. The van der Waals surface area contributed by atoms with E-state index >= 15 is 0 Å². The highest BCUT2D eigenvalue weighted by Gasteiger charge is 2.48. The molecule has 0 aromatic heterocycles. The van der Waals surface area contributed by atoms with Crippen molar-refractivity contribution in [3.8, 4) is 0 Å². The Labute approximate surface area is 179 Å². The van der Waals surface area contributed by atoms with Gasteiger partial charge in [0.15, 0.2) is 0 Å². The summed E-state index contributed by atoms with van der Waals surface area (Å²) < 4.78 is 11.2. The Balaban J connectivity index is 1.78. The van der Waals surface area contributed by atoms with Crippen molar-refractivity contribution >= 4 is 12.3 Å². The third-order valence-corrected chi connectivity index (χ3v) is 6.85. The Hall–Kier alpha value is -1.54. The minimum atomic E-state index is -1.04. The lowest BCUT2D eigenvalue weighted by molar-refractivity contribution is -0.602. The number of carbonyl (C=O) groups is 2. The molecule has 2 rings (SSSR count). The summed E-state index contributed by atoms with van der Waals surface area (Å²) in [6.07, 6.45) is 7.08. The number of ether oxygens (including phenoxy) is 2. The summed E-state index contributed by atoms with van der Waals surface area (Å²) in [5.41, 5.74) is -1.78. The molecule has 30 heavy (non-hydrogen) atoms. The third-order valence-electron chi connectivity index (χ3n) is 6.85. The first-order valence-electron chi connectivity index (χ1n) is 11.0. The molecule has 0 aromatic carbocycles. The zero-order valence-corrected chi connectivity index (χ0v) is 19.3. The molecule has 2 saturated carbocycles. The fourth-order valence-electron chi connectivity index (χ4n) is 4.69. The first kappa shape index (κ1) is 24.7. The molecule has 0 saturated heterocycles. The minimum absolute atomic E-state index is 0.255. The van der Waals surface area contributed by atoms with Crippen LogP contribution in [0.3, 0.4) is 0 Å². The van der Waals surface area contributed by atoms with Crippen LogP contribution in [0.15, 0.2) is 0 Å². The summed E-state index contributed by atoms with van der Waals surface area (Å²) in [5.74, 6) is 0. The van der Waals surface area contributed by atoms with Crippen molar-refractivity contribution in [3.63, 3.8) is 0 Å². The van der Waals surface area contributed by atoms with Crippen LogP contribution in [0.5, 0.6) is 0 Å². The van der Waals surface area contributed by atoms with E-state index in [4.69, 9.17) is 9.47 Å². The van der Waals surface area contributed by atoms with Crippen LogP contribution in [-0.2, 0) is 29.3 Å². The Bertz CT molecular complexity index is 523. The van der Waals surface area contributed by atoms with Gasteiger partial charge >= 0.3 is 12.3 Å². The average Bonchev–Trinajstić information content (AvgIpc) is 2.65. The Kier molecular flexibility index (Phi) is 8.02. The lowest BCUT2D eigenvalue weighted by atomic mass is 9.68. The molecular formula is C22H38O8. The Morgan fingerprint density at radius 3 is 1.13 bits per heavy atom. The summed E-state index contributed by atoms with van der Waals surface area (Å²) in [7, 11) is 0. The maximum Gasteiger partial charge on any atom is 0.543 e. The molecule has 8 nitrogen and oxygen atoms in total. The molecule has 0 atom stereocenters. The molecule has 0 N–H and O–H groups in total. The van der Waals surface area contributed by atoms with Crippen LogP contribution < -0.4 is 0 Å². The third kappa shape index (κ3) is 6.00. The van der Waals surface area contributed by atoms with Gasteiger partial charge in [-0.15, -0.1) is 0 Å². The normalized spacial score (nSPS) is 21.4. The number of hydrogen-bond donors (Lipinski definition) is 0. The van der Waals surface area contributed by atoms with E-state index in [1.54, 1.807) is 0 Å². The molecule has 0 amide bonds. The van der Waals surface area contributed by atoms with E-state index in [0.717, 1.165) is 64.2 Å². The van der Waals surface area contributed by atoms with Crippen LogP contribution in [0.2, 0.25) is 0 Å². The quantitative estimate of drug-likeness (QED) is 0.209. The predicted molar refractivity (Wildman–Crippen MR) is 108 cm³/mol. The van der Waals surface area contributed by atoms with Gasteiger partial charge in [-0.1, -0.05) is 54.4 Å². The summed E-state index contributed by atoms with van der Waals surface area (Å²) in [5, 5.41) is 8.55. The van der Waals surface area contributed by atoms with E-state index in [0.29, 0.717) is 0 Å². The van der Waals surface area contributed by atoms with Gasteiger partial charge in [0, 0.05) is 20.9 Å². The van der Waals surface area contributed by atoms with Crippen LogP contribution in [0.1, 0.15) is 106 Å². The lowest BCUT2D eigenvalue weighted by Gasteiger charge is -2.45. The second-order valence-electron chi connectivity index (χ2n) is 10.6. The van der Waals surface area contributed by atoms with Gasteiger partial charge < -0.3 is 9.47 Å². The van der Waals surface area contributed by atoms with Crippen molar-refractivity contribution in [3.05, 3.63) is 0 Å². The van der Waals surface area contributed by atoms with E-state index in [-0.39, 0.29) is 10.8 Å². The first-order valence-corrected chi connectivity index (χ1v) is 11.0. The second-order valence-corrected chi connectivity index (χ2v) is 10.6. The molecule has 0 bridgehead atoms. The molecular weight excluding hydrogens is 392 g/mol. The summed E-state index contributed by atoms with van der Waals surface area (Å²) in [6.45, 7) is 12.2. The second kappa shape index (κ2) is 9.73. The fourth-order valence-corrected chi connectivity index (χ4v) is 4.69. The standard InChI is InChI=1S/C22H38O8/c1-19(2,3)21(13-9-7-10-14-21)25-17(23)27-29-30-28-18(24)26-22(20(4,5)6)15-11-8-12-16-22/h7-16H2,1-6H3. The van der Waals surface area contributed by atoms with Crippen molar-refractivity contribution in [2.45, 2.75) is 117 Å². The van der Waals surface area contributed by atoms with Gasteiger partial charge in [-0.25, -0.2) is 19.4 Å². The van der Waals surface area contributed by atoms with Crippen molar-refractivity contribution in [1.82, 2.24) is 0 Å². The molecule has 2 aliphatic rings. The fraction of sp³-hybridized carbons (Fsp3) is 0.909. The molecule has 0 spiro atoms. The van der Waals surface area contributed by atoms with E-state index in [1.807, 2.05) is 41.5 Å². The molecule has 0 unspecified atom stereocenters. The van der Waals surface area contributed by atoms with Crippen LogP contribution in [0.25, 0.3) is 0 Å². The molecule has 0 heterocycles. The van der Waals surface area contributed by atoms with Crippen LogP contribution in [0, 0.1) is 10.8 Å². The van der Waals surface area contributed by atoms with Crippen LogP contribution >= 0.6 is 0 Å². The largest absolute Gasteiger partial charge is 0.543 e. The summed E-state index contributed by atoms with van der Waals surface area (Å²) in [6, 6.07) is 0. The monoisotopic (exact) mass is 430 g/mol. The maximum absolute atomic E-state index is 12.1. The van der Waals surface area contributed by atoms with Crippen LogP contribution in [0.4, 0.5) is 9.59 Å². The van der Waals surface area contributed by atoms with Gasteiger partial charge in [0.05, 0.1) is 0 Å². The molecule has 0 radical (unpaired) electrons. The molecule has 0 aromatic rings. The van der Waals surface area contributed by atoms with Crippen molar-refractivity contribution in [2.24, 2.45) is 10.8 Å².